The third-order valence-electron chi connectivity index (χ3n) is 6.57. The number of piperidine rings is 1. The standard InChI is InChI=1S/C28H32FN3O2S/c1-19(8-9-21-6-4-3-5-7-21)30-25(33)18-22-14-16-32(17-15-22)28(34)26-20(2)31-27(35-26)23-10-12-24(29)13-11-23/h3-7,10-13,19,22H,8-9,14-18H2,1-2H3,(H,30,33)/t19-/m1/s1. The van der Waals surface area contributed by atoms with E-state index >= 15 is 0 Å². The smallest absolute Gasteiger partial charge is 0.265 e. The molecule has 0 saturated carbocycles. The molecule has 2 amide bonds. The summed E-state index contributed by atoms with van der Waals surface area (Å²) in [5, 5.41) is 3.86. The molecule has 184 valence electrons. The molecule has 1 aromatic heterocycles. The van der Waals surface area contributed by atoms with Crippen molar-refractivity contribution in [1.82, 2.24) is 15.2 Å². The van der Waals surface area contributed by atoms with Crippen molar-refractivity contribution in [3.05, 3.63) is 76.5 Å². The Morgan fingerprint density at radius 2 is 1.80 bits per heavy atom. The van der Waals surface area contributed by atoms with E-state index in [1.165, 1.54) is 29.0 Å². The van der Waals surface area contributed by atoms with Crippen LogP contribution in [0.15, 0.2) is 54.6 Å². The number of amides is 2. The van der Waals surface area contributed by atoms with Crippen LogP contribution in [0.2, 0.25) is 0 Å². The number of likely N-dealkylation sites (tertiary alicyclic amines) is 1. The number of benzene rings is 2. The van der Waals surface area contributed by atoms with Gasteiger partial charge in [-0.2, -0.15) is 0 Å². The van der Waals surface area contributed by atoms with E-state index in [2.05, 4.69) is 29.4 Å². The summed E-state index contributed by atoms with van der Waals surface area (Å²) < 4.78 is 13.2. The molecule has 1 saturated heterocycles. The molecule has 0 aliphatic carbocycles. The van der Waals surface area contributed by atoms with Gasteiger partial charge in [-0.15, -0.1) is 11.3 Å². The third kappa shape index (κ3) is 6.75. The zero-order valence-corrected chi connectivity index (χ0v) is 21.1. The lowest BCUT2D eigenvalue weighted by atomic mass is 9.93. The maximum Gasteiger partial charge on any atom is 0.265 e. The Morgan fingerprint density at radius 3 is 2.49 bits per heavy atom. The van der Waals surface area contributed by atoms with Crippen molar-refractivity contribution in [1.29, 1.82) is 0 Å². The summed E-state index contributed by atoms with van der Waals surface area (Å²) in [6, 6.07) is 16.6. The van der Waals surface area contributed by atoms with Crippen molar-refractivity contribution in [2.75, 3.05) is 13.1 Å². The Hall–Kier alpha value is -3.06. The second kappa shape index (κ2) is 11.6. The van der Waals surface area contributed by atoms with Crippen LogP contribution in [0.25, 0.3) is 10.6 Å². The molecular weight excluding hydrogens is 461 g/mol. The van der Waals surface area contributed by atoms with Gasteiger partial charge in [0.2, 0.25) is 5.91 Å². The van der Waals surface area contributed by atoms with Crippen molar-refractivity contribution >= 4 is 23.2 Å². The molecule has 4 rings (SSSR count). The summed E-state index contributed by atoms with van der Waals surface area (Å²) in [5.41, 5.74) is 2.79. The van der Waals surface area contributed by atoms with Crippen LogP contribution in [0.3, 0.4) is 0 Å². The summed E-state index contributed by atoms with van der Waals surface area (Å²) in [5.74, 6) is 0.0811. The first kappa shape index (κ1) is 25.0. The number of halogens is 1. The number of rotatable bonds is 8. The number of carbonyl (C=O) groups is 2. The Bertz CT molecular complexity index is 1140. The third-order valence-corrected chi connectivity index (χ3v) is 7.77. The molecule has 1 N–H and O–H groups in total. The van der Waals surface area contributed by atoms with Crippen LogP contribution in [0.5, 0.6) is 0 Å². The lowest BCUT2D eigenvalue weighted by molar-refractivity contribution is -0.122. The van der Waals surface area contributed by atoms with E-state index in [1.54, 1.807) is 12.1 Å². The Labute approximate surface area is 210 Å². The minimum atomic E-state index is -0.295. The summed E-state index contributed by atoms with van der Waals surface area (Å²) in [4.78, 5) is 32.7. The Kier molecular flexibility index (Phi) is 8.29. The molecule has 1 fully saturated rings. The van der Waals surface area contributed by atoms with Crippen LogP contribution in [0.4, 0.5) is 4.39 Å². The molecule has 7 heteroatoms. The van der Waals surface area contributed by atoms with E-state index in [1.807, 2.05) is 30.0 Å². The monoisotopic (exact) mass is 493 g/mol. The number of hydrogen-bond acceptors (Lipinski definition) is 4. The molecule has 1 aliphatic heterocycles. The topological polar surface area (TPSA) is 62.3 Å². The number of aromatic nitrogens is 1. The van der Waals surface area contributed by atoms with Gasteiger partial charge in [-0.3, -0.25) is 9.59 Å². The normalized spacial score (nSPS) is 15.1. The summed E-state index contributed by atoms with van der Waals surface area (Å²) in [7, 11) is 0. The van der Waals surface area contributed by atoms with Crippen molar-refractivity contribution in [2.45, 2.75) is 52.0 Å². The van der Waals surface area contributed by atoms with Gasteiger partial charge in [0.15, 0.2) is 0 Å². The first-order chi connectivity index (χ1) is 16.9. The lowest BCUT2D eigenvalue weighted by Crippen LogP contribution is -2.40. The van der Waals surface area contributed by atoms with Gasteiger partial charge in [-0.25, -0.2) is 9.37 Å². The highest BCUT2D eigenvalue weighted by molar-refractivity contribution is 7.17. The van der Waals surface area contributed by atoms with Gasteiger partial charge in [0.25, 0.3) is 5.91 Å². The van der Waals surface area contributed by atoms with E-state index in [0.29, 0.717) is 30.1 Å². The molecule has 0 bridgehead atoms. The molecule has 0 spiro atoms. The molecule has 2 aromatic carbocycles. The van der Waals surface area contributed by atoms with Crippen LogP contribution >= 0.6 is 11.3 Å². The predicted molar refractivity (Wildman–Crippen MR) is 138 cm³/mol. The summed E-state index contributed by atoms with van der Waals surface area (Å²) >= 11 is 1.35. The molecule has 1 atom stereocenters. The minimum Gasteiger partial charge on any atom is -0.354 e. The lowest BCUT2D eigenvalue weighted by Gasteiger charge is -2.31. The van der Waals surface area contributed by atoms with E-state index in [9.17, 15) is 14.0 Å². The van der Waals surface area contributed by atoms with Crippen LogP contribution in [0, 0.1) is 18.7 Å². The van der Waals surface area contributed by atoms with Crippen molar-refractivity contribution < 1.29 is 14.0 Å². The molecule has 2 heterocycles. The highest BCUT2D eigenvalue weighted by Gasteiger charge is 2.28. The maximum absolute atomic E-state index is 13.2. The van der Waals surface area contributed by atoms with Crippen LogP contribution in [-0.2, 0) is 11.2 Å². The predicted octanol–water partition coefficient (Wildman–Crippen LogP) is 5.64. The second-order valence-corrected chi connectivity index (χ2v) is 10.4. The maximum atomic E-state index is 13.2. The molecule has 0 radical (unpaired) electrons. The van der Waals surface area contributed by atoms with Gasteiger partial charge in [-0.1, -0.05) is 30.3 Å². The fraction of sp³-hybridized carbons (Fsp3) is 0.393. The Balaban J connectivity index is 1.23. The van der Waals surface area contributed by atoms with E-state index in [-0.39, 0.29) is 29.6 Å². The van der Waals surface area contributed by atoms with Gasteiger partial charge in [0.05, 0.1) is 5.69 Å². The Morgan fingerprint density at radius 1 is 1.11 bits per heavy atom. The fourth-order valence-corrected chi connectivity index (χ4v) is 5.53. The quantitative estimate of drug-likeness (QED) is 0.442. The van der Waals surface area contributed by atoms with Crippen LogP contribution in [0.1, 0.15) is 53.5 Å². The largest absolute Gasteiger partial charge is 0.354 e. The number of carbonyl (C=O) groups excluding carboxylic acids is 2. The van der Waals surface area contributed by atoms with Crippen LogP contribution in [-0.4, -0.2) is 40.8 Å². The summed E-state index contributed by atoms with van der Waals surface area (Å²) in [6.07, 6.45) is 4.01. The van der Waals surface area contributed by atoms with E-state index < -0.39 is 0 Å². The van der Waals surface area contributed by atoms with Gasteiger partial charge < -0.3 is 10.2 Å². The number of aryl methyl sites for hydroxylation is 2. The van der Waals surface area contributed by atoms with Crippen molar-refractivity contribution in [3.63, 3.8) is 0 Å². The number of thiazole rings is 1. The second-order valence-electron chi connectivity index (χ2n) is 9.37. The first-order valence-electron chi connectivity index (χ1n) is 12.2. The zero-order chi connectivity index (χ0) is 24.8. The summed E-state index contributed by atoms with van der Waals surface area (Å²) in [6.45, 7) is 5.18. The molecule has 5 nitrogen and oxygen atoms in total. The fourth-order valence-electron chi connectivity index (χ4n) is 4.49. The highest BCUT2D eigenvalue weighted by Crippen LogP contribution is 2.30. The minimum absolute atomic E-state index is 0.00852. The average Bonchev–Trinajstić information content (AvgIpc) is 3.25. The molecular formula is C28H32FN3O2S. The van der Waals surface area contributed by atoms with Crippen LogP contribution < -0.4 is 5.32 Å². The molecule has 35 heavy (non-hydrogen) atoms. The molecule has 1 aliphatic rings. The zero-order valence-electron chi connectivity index (χ0n) is 20.3. The number of nitrogens with zero attached hydrogens (tertiary/aromatic N) is 2. The number of nitrogens with one attached hydrogen (secondary N) is 1. The first-order valence-corrected chi connectivity index (χ1v) is 13.1. The van der Waals surface area contributed by atoms with Gasteiger partial charge >= 0.3 is 0 Å². The molecule has 0 unspecified atom stereocenters. The van der Waals surface area contributed by atoms with E-state index in [4.69, 9.17) is 0 Å². The average molecular weight is 494 g/mol. The number of hydrogen-bond donors (Lipinski definition) is 1. The molecule has 3 aromatic rings. The van der Waals surface area contributed by atoms with Gasteiger partial charge in [0.1, 0.15) is 15.7 Å². The van der Waals surface area contributed by atoms with E-state index in [0.717, 1.165) is 36.3 Å². The SMILES string of the molecule is Cc1nc(-c2ccc(F)cc2)sc1C(=O)N1CCC(CC(=O)N[C@H](C)CCc2ccccc2)CC1. The van der Waals surface area contributed by atoms with Crippen molar-refractivity contribution in [2.24, 2.45) is 5.92 Å². The van der Waals surface area contributed by atoms with Gasteiger partial charge in [0, 0.05) is 31.1 Å². The highest BCUT2D eigenvalue weighted by atomic mass is 32.1. The van der Waals surface area contributed by atoms with Crippen molar-refractivity contribution in [3.8, 4) is 10.6 Å². The van der Waals surface area contributed by atoms with Gasteiger partial charge in [-0.05, 0) is 75.3 Å².